The topological polar surface area (TPSA) is 95.5 Å². The van der Waals surface area contributed by atoms with Crippen molar-refractivity contribution in [1.82, 2.24) is 0 Å². The maximum atomic E-state index is 14.2. The number of carboxylic acid groups (broad SMARTS) is 1. The van der Waals surface area contributed by atoms with Gasteiger partial charge in [0.05, 0.1) is 16.5 Å². The Morgan fingerprint density at radius 2 is 1.65 bits per heavy atom. The van der Waals surface area contributed by atoms with E-state index in [0.29, 0.717) is 27.4 Å². The Labute approximate surface area is 225 Å². The highest BCUT2D eigenvalue weighted by Gasteiger charge is 2.20. The van der Waals surface area contributed by atoms with Crippen LogP contribution >= 0.6 is 27.7 Å². The number of carbonyl (C=O) groups excluding carboxylic acids is 2. The number of fused-ring (bicyclic) bond motifs is 1. The van der Waals surface area contributed by atoms with E-state index in [4.69, 9.17) is 0 Å². The van der Waals surface area contributed by atoms with Crippen molar-refractivity contribution in [3.8, 4) is 0 Å². The lowest BCUT2D eigenvalue weighted by molar-refractivity contribution is -0.115. The zero-order valence-corrected chi connectivity index (χ0v) is 22.0. The van der Waals surface area contributed by atoms with E-state index in [-0.39, 0.29) is 22.7 Å². The fourth-order valence-electron chi connectivity index (χ4n) is 3.84. The molecule has 0 heterocycles. The van der Waals surface area contributed by atoms with Crippen LogP contribution in [-0.4, -0.2) is 28.1 Å². The molecule has 3 N–H and O–H groups in total. The first-order chi connectivity index (χ1) is 17.8. The lowest BCUT2D eigenvalue weighted by Gasteiger charge is -2.16. The Morgan fingerprint density at radius 1 is 0.946 bits per heavy atom. The van der Waals surface area contributed by atoms with Crippen molar-refractivity contribution in [1.29, 1.82) is 0 Å². The summed E-state index contributed by atoms with van der Waals surface area (Å²) < 4.78 is 14.7. The maximum Gasteiger partial charge on any atom is 0.336 e. The second-order valence-electron chi connectivity index (χ2n) is 8.12. The molecule has 0 aliphatic heterocycles. The number of carboxylic acids is 1. The fraction of sp³-hybridized carbons (Fsp3) is 0.107. The maximum absolute atomic E-state index is 14.2. The van der Waals surface area contributed by atoms with Crippen LogP contribution in [-0.2, 0) is 4.79 Å². The first-order valence-corrected chi connectivity index (χ1v) is 13.0. The standard InChI is InChI=1S/C28H22BrFN2O4S/c1-2-24(27(34)32-23-13-12-17(29)14-22(23)30)37-19-9-5-8-18(15-19)31-26(33)20-10-3-6-16-7-4-11-21(25(16)20)28(35)36/h3-15,24H,2H2,1H3,(H,31,33)(H,32,34)(H,35,36). The van der Waals surface area contributed by atoms with Crippen LogP contribution in [0.25, 0.3) is 10.8 Å². The number of halogens is 2. The highest BCUT2D eigenvalue weighted by molar-refractivity contribution is 9.10. The average molecular weight is 581 g/mol. The molecule has 0 saturated carbocycles. The molecule has 0 radical (unpaired) electrons. The Balaban J connectivity index is 1.52. The molecule has 37 heavy (non-hydrogen) atoms. The summed E-state index contributed by atoms with van der Waals surface area (Å²) in [5.74, 6) is -2.43. The van der Waals surface area contributed by atoms with E-state index in [1.54, 1.807) is 54.6 Å². The van der Waals surface area contributed by atoms with Gasteiger partial charge in [-0.15, -0.1) is 11.8 Å². The molecule has 6 nitrogen and oxygen atoms in total. The van der Waals surface area contributed by atoms with Crippen LogP contribution in [0.5, 0.6) is 0 Å². The quantitative estimate of drug-likeness (QED) is 0.191. The summed E-state index contributed by atoms with van der Waals surface area (Å²) in [6.45, 7) is 1.86. The SMILES string of the molecule is CCC(Sc1cccc(NC(=O)c2cccc3cccc(C(=O)O)c23)c1)C(=O)Nc1ccc(Br)cc1F. The Kier molecular flexibility index (Phi) is 8.25. The molecule has 4 aromatic rings. The number of benzene rings is 4. The van der Waals surface area contributed by atoms with Gasteiger partial charge in [-0.2, -0.15) is 0 Å². The van der Waals surface area contributed by atoms with Gasteiger partial charge in [-0.05, 0) is 60.3 Å². The molecule has 0 aliphatic carbocycles. The van der Waals surface area contributed by atoms with Gasteiger partial charge in [0.2, 0.25) is 5.91 Å². The molecule has 0 aliphatic rings. The predicted octanol–water partition coefficient (Wildman–Crippen LogP) is 7.20. The predicted molar refractivity (Wildman–Crippen MR) is 148 cm³/mol. The summed E-state index contributed by atoms with van der Waals surface area (Å²) in [6, 6.07) is 21.3. The van der Waals surface area contributed by atoms with Crippen molar-refractivity contribution >= 4 is 67.6 Å². The summed E-state index contributed by atoms with van der Waals surface area (Å²) in [4.78, 5) is 38.4. The van der Waals surface area contributed by atoms with E-state index in [1.165, 1.54) is 30.0 Å². The summed E-state index contributed by atoms with van der Waals surface area (Å²) in [6.07, 6.45) is 0.499. The monoisotopic (exact) mass is 580 g/mol. The Morgan fingerprint density at radius 3 is 2.32 bits per heavy atom. The number of carbonyl (C=O) groups is 3. The molecule has 0 saturated heterocycles. The number of rotatable bonds is 8. The molecule has 0 spiro atoms. The van der Waals surface area contributed by atoms with Gasteiger partial charge >= 0.3 is 5.97 Å². The van der Waals surface area contributed by atoms with E-state index in [0.717, 1.165) is 4.90 Å². The zero-order chi connectivity index (χ0) is 26.5. The molecular formula is C28H22BrFN2O4S. The van der Waals surface area contributed by atoms with Crippen LogP contribution < -0.4 is 10.6 Å². The van der Waals surface area contributed by atoms with E-state index in [1.807, 2.05) is 13.0 Å². The molecule has 1 unspecified atom stereocenters. The lowest BCUT2D eigenvalue weighted by atomic mass is 9.98. The third-order valence-corrected chi connectivity index (χ3v) is 7.45. The molecule has 9 heteroatoms. The number of aromatic carboxylic acids is 1. The first kappa shape index (κ1) is 26.4. The van der Waals surface area contributed by atoms with Gasteiger partial charge in [0.1, 0.15) is 5.82 Å². The number of amides is 2. The van der Waals surface area contributed by atoms with Gasteiger partial charge in [-0.3, -0.25) is 9.59 Å². The van der Waals surface area contributed by atoms with Crippen molar-refractivity contribution in [3.63, 3.8) is 0 Å². The van der Waals surface area contributed by atoms with Gasteiger partial charge in [0.15, 0.2) is 0 Å². The smallest absolute Gasteiger partial charge is 0.336 e. The second kappa shape index (κ2) is 11.6. The van der Waals surface area contributed by atoms with Crippen molar-refractivity contribution in [2.45, 2.75) is 23.5 Å². The largest absolute Gasteiger partial charge is 0.478 e. The molecule has 2 amide bonds. The van der Waals surface area contributed by atoms with E-state index >= 15 is 0 Å². The number of thioether (sulfide) groups is 1. The molecule has 0 aromatic heterocycles. The van der Waals surface area contributed by atoms with Crippen molar-refractivity contribution in [2.24, 2.45) is 0 Å². The molecule has 188 valence electrons. The van der Waals surface area contributed by atoms with Crippen LogP contribution in [0.1, 0.15) is 34.1 Å². The number of anilines is 2. The number of nitrogens with one attached hydrogen (secondary N) is 2. The van der Waals surface area contributed by atoms with E-state index in [9.17, 15) is 23.9 Å². The van der Waals surface area contributed by atoms with Gasteiger partial charge in [-0.1, -0.05) is 53.2 Å². The summed E-state index contributed by atoms with van der Waals surface area (Å²) in [5, 5.41) is 15.6. The van der Waals surface area contributed by atoms with Crippen LogP contribution in [0.15, 0.2) is 88.2 Å². The molecule has 1 atom stereocenters. The third kappa shape index (κ3) is 6.18. The van der Waals surface area contributed by atoms with E-state index in [2.05, 4.69) is 26.6 Å². The molecular weight excluding hydrogens is 559 g/mol. The highest BCUT2D eigenvalue weighted by atomic mass is 79.9. The fourth-order valence-corrected chi connectivity index (χ4v) is 5.19. The zero-order valence-electron chi connectivity index (χ0n) is 19.6. The van der Waals surface area contributed by atoms with Crippen LogP contribution in [0.4, 0.5) is 15.8 Å². The minimum atomic E-state index is -1.11. The minimum Gasteiger partial charge on any atom is -0.478 e. The Hall–Kier alpha value is -3.69. The van der Waals surface area contributed by atoms with Crippen molar-refractivity contribution < 1.29 is 23.9 Å². The van der Waals surface area contributed by atoms with Crippen LogP contribution in [0.3, 0.4) is 0 Å². The first-order valence-electron chi connectivity index (χ1n) is 11.4. The minimum absolute atomic E-state index is 0.0477. The van der Waals surface area contributed by atoms with Crippen LogP contribution in [0, 0.1) is 5.82 Å². The summed E-state index contributed by atoms with van der Waals surface area (Å²) >= 11 is 4.49. The van der Waals surface area contributed by atoms with Gasteiger partial charge < -0.3 is 15.7 Å². The third-order valence-electron chi connectivity index (χ3n) is 5.60. The molecule has 4 rings (SSSR count). The van der Waals surface area contributed by atoms with Gasteiger partial charge in [0, 0.05) is 26.0 Å². The van der Waals surface area contributed by atoms with Crippen LogP contribution in [0.2, 0.25) is 0 Å². The molecule has 0 bridgehead atoms. The number of hydrogen-bond donors (Lipinski definition) is 3. The normalized spacial score (nSPS) is 11.6. The van der Waals surface area contributed by atoms with E-state index < -0.39 is 22.9 Å². The summed E-state index contributed by atoms with van der Waals surface area (Å²) in [5.41, 5.74) is 0.889. The molecule has 4 aromatic carbocycles. The second-order valence-corrected chi connectivity index (χ2v) is 10.3. The highest BCUT2D eigenvalue weighted by Crippen LogP contribution is 2.30. The number of hydrogen-bond acceptors (Lipinski definition) is 4. The molecule has 0 fully saturated rings. The van der Waals surface area contributed by atoms with Gasteiger partial charge in [-0.25, -0.2) is 9.18 Å². The lowest BCUT2D eigenvalue weighted by Crippen LogP contribution is -2.25. The average Bonchev–Trinajstić information content (AvgIpc) is 2.88. The van der Waals surface area contributed by atoms with Gasteiger partial charge in [0.25, 0.3) is 5.91 Å². The van der Waals surface area contributed by atoms with Crippen molar-refractivity contribution in [2.75, 3.05) is 10.6 Å². The van der Waals surface area contributed by atoms with Crippen molar-refractivity contribution in [3.05, 3.63) is 100 Å². The Bertz CT molecular complexity index is 1510. The summed E-state index contributed by atoms with van der Waals surface area (Å²) in [7, 11) is 0.